The maximum atomic E-state index is 15.5. The summed E-state index contributed by atoms with van der Waals surface area (Å²) in [5, 5.41) is 9.45. The molecule has 1 atom stereocenters. The molecule has 3 aliphatic rings. The fraction of sp³-hybridized carbons (Fsp3) is 0.524. The Kier molecular flexibility index (Phi) is 4.15. The Labute approximate surface area is 177 Å². The van der Waals surface area contributed by atoms with Crippen molar-refractivity contribution in [2.75, 3.05) is 37.8 Å². The van der Waals surface area contributed by atoms with Gasteiger partial charge in [-0.1, -0.05) is 11.6 Å². The molecule has 2 saturated carbocycles. The molecule has 0 radical (unpaired) electrons. The second-order valence-corrected chi connectivity index (χ2v) is 9.53. The minimum Gasteiger partial charge on any atom is -0.477 e. The zero-order valence-corrected chi connectivity index (χ0v) is 17.7. The Balaban J connectivity index is 1.76. The largest absolute Gasteiger partial charge is 0.477 e. The molecule has 1 spiro atoms. The number of carboxylic acid groups (broad SMARTS) is 1. The lowest BCUT2D eigenvalue weighted by Crippen LogP contribution is -2.36. The van der Waals surface area contributed by atoms with Crippen molar-refractivity contribution in [3.63, 3.8) is 0 Å². The standard InChI is InChI=1S/C21H24ClFN4O3/c1-25(2)12-8-26(9-21(12)5-6-21)18-14(22)17-13(16(24)15(18)23)19(28)11(20(29)30)7-27(17)10-3-4-10/h7,10,12H,3-6,8-9,24H2,1-2H3,(H,29,30)/t12-/m0/s1. The topological polar surface area (TPSA) is 91.8 Å². The second-order valence-electron chi connectivity index (χ2n) is 9.15. The van der Waals surface area contributed by atoms with E-state index in [4.69, 9.17) is 17.3 Å². The quantitative estimate of drug-likeness (QED) is 0.719. The summed E-state index contributed by atoms with van der Waals surface area (Å²) in [5.41, 5.74) is 5.25. The number of aromatic carboxylic acids is 1. The third-order valence-corrected chi connectivity index (χ3v) is 7.33. The summed E-state index contributed by atoms with van der Waals surface area (Å²) in [6, 6.07) is 0.314. The predicted molar refractivity (Wildman–Crippen MR) is 114 cm³/mol. The Morgan fingerprint density at radius 3 is 2.53 bits per heavy atom. The van der Waals surface area contributed by atoms with E-state index in [1.807, 2.05) is 19.0 Å². The molecule has 5 rings (SSSR count). The first-order chi connectivity index (χ1) is 14.2. The van der Waals surface area contributed by atoms with Crippen molar-refractivity contribution >= 4 is 39.8 Å². The summed E-state index contributed by atoms with van der Waals surface area (Å²) < 4.78 is 17.2. The highest BCUT2D eigenvalue weighted by atomic mass is 35.5. The van der Waals surface area contributed by atoms with Gasteiger partial charge in [-0.05, 0) is 39.8 Å². The summed E-state index contributed by atoms with van der Waals surface area (Å²) >= 11 is 6.76. The zero-order chi connectivity index (χ0) is 21.5. The fourth-order valence-corrected chi connectivity index (χ4v) is 5.50. The van der Waals surface area contributed by atoms with Crippen LogP contribution in [0.25, 0.3) is 10.9 Å². The highest BCUT2D eigenvalue weighted by molar-refractivity contribution is 6.38. The van der Waals surface area contributed by atoms with E-state index in [2.05, 4.69) is 4.90 Å². The molecule has 7 nitrogen and oxygen atoms in total. The van der Waals surface area contributed by atoms with Crippen LogP contribution in [0.1, 0.15) is 42.1 Å². The van der Waals surface area contributed by atoms with E-state index in [1.54, 1.807) is 4.57 Å². The SMILES string of the molecule is CN(C)[C@H]1CN(c2c(F)c(N)c3c(=O)c(C(=O)O)cn(C4CC4)c3c2Cl)CC12CC2. The number of hydrogen-bond donors (Lipinski definition) is 2. The van der Waals surface area contributed by atoms with Gasteiger partial charge in [0.05, 0.1) is 27.3 Å². The second kappa shape index (κ2) is 6.34. The molecule has 30 heavy (non-hydrogen) atoms. The normalized spacial score (nSPS) is 22.4. The number of carboxylic acids is 1. The predicted octanol–water partition coefficient (Wildman–Crippen LogP) is 2.94. The van der Waals surface area contributed by atoms with Gasteiger partial charge in [-0.15, -0.1) is 0 Å². The number of rotatable bonds is 4. The van der Waals surface area contributed by atoms with Crippen LogP contribution in [0, 0.1) is 11.2 Å². The summed E-state index contributed by atoms with van der Waals surface area (Å²) in [6.45, 7) is 1.30. The highest BCUT2D eigenvalue weighted by Crippen LogP contribution is 2.56. The molecular formula is C21H24ClFN4O3. The molecule has 3 N–H and O–H groups in total. The summed E-state index contributed by atoms with van der Waals surface area (Å²) in [5.74, 6) is -2.11. The van der Waals surface area contributed by atoms with E-state index in [0.717, 1.165) is 25.7 Å². The van der Waals surface area contributed by atoms with Crippen molar-refractivity contribution in [2.45, 2.75) is 37.8 Å². The van der Waals surface area contributed by atoms with E-state index in [-0.39, 0.29) is 39.3 Å². The third-order valence-electron chi connectivity index (χ3n) is 6.97. The first-order valence-electron chi connectivity index (χ1n) is 10.2. The van der Waals surface area contributed by atoms with Crippen LogP contribution in [-0.4, -0.2) is 53.8 Å². The molecule has 160 valence electrons. The van der Waals surface area contributed by atoms with E-state index in [9.17, 15) is 14.7 Å². The molecule has 0 amide bonds. The van der Waals surface area contributed by atoms with Gasteiger partial charge in [0, 0.05) is 36.8 Å². The van der Waals surface area contributed by atoms with Crippen LogP contribution in [0.2, 0.25) is 5.02 Å². The number of likely N-dealkylation sites (N-methyl/N-ethyl adjacent to an activating group) is 1. The maximum Gasteiger partial charge on any atom is 0.341 e. The molecule has 1 saturated heterocycles. The van der Waals surface area contributed by atoms with E-state index in [1.165, 1.54) is 6.20 Å². The van der Waals surface area contributed by atoms with Crippen LogP contribution in [0.3, 0.4) is 0 Å². The third kappa shape index (κ3) is 2.66. The molecule has 1 aromatic carbocycles. The van der Waals surface area contributed by atoms with Crippen molar-refractivity contribution in [2.24, 2.45) is 5.41 Å². The number of nitrogen functional groups attached to an aromatic ring is 1. The van der Waals surface area contributed by atoms with Crippen molar-refractivity contribution in [1.29, 1.82) is 0 Å². The lowest BCUT2D eigenvalue weighted by atomic mass is 10.0. The first kappa shape index (κ1) is 19.6. The average molecular weight is 435 g/mol. The van der Waals surface area contributed by atoms with E-state index >= 15 is 4.39 Å². The maximum absolute atomic E-state index is 15.5. The van der Waals surface area contributed by atoms with Crippen molar-refractivity contribution in [3.8, 4) is 0 Å². The molecule has 3 fully saturated rings. The van der Waals surface area contributed by atoms with Gasteiger partial charge in [-0.25, -0.2) is 9.18 Å². The average Bonchev–Trinajstić information content (AvgIpc) is 3.58. The van der Waals surface area contributed by atoms with Crippen LogP contribution >= 0.6 is 11.6 Å². The first-order valence-corrected chi connectivity index (χ1v) is 10.5. The zero-order valence-electron chi connectivity index (χ0n) is 16.9. The van der Waals surface area contributed by atoms with Crippen molar-refractivity contribution < 1.29 is 14.3 Å². The summed E-state index contributed by atoms with van der Waals surface area (Å²) in [7, 11) is 4.05. The molecule has 1 aromatic heterocycles. The molecule has 9 heteroatoms. The number of aromatic nitrogens is 1. The molecule has 1 aliphatic heterocycles. The Hall–Kier alpha value is -2.32. The Morgan fingerprint density at radius 1 is 1.37 bits per heavy atom. The number of carbonyl (C=O) groups is 1. The molecule has 2 aliphatic carbocycles. The van der Waals surface area contributed by atoms with Crippen LogP contribution < -0.4 is 16.1 Å². The van der Waals surface area contributed by atoms with Crippen LogP contribution in [0.15, 0.2) is 11.0 Å². The number of fused-ring (bicyclic) bond motifs is 1. The summed E-state index contributed by atoms with van der Waals surface area (Å²) in [6.07, 6.45) is 5.18. The van der Waals surface area contributed by atoms with E-state index < -0.39 is 22.8 Å². The number of anilines is 2. The van der Waals surface area contributed by atoms with Gasteiger partial charge < -0.3 is 25.2 Å². The van der Waals surface area contributed by atoms with Gasteiger partial charge in [0.25, 0.3) is 0 Å². The van der Waals surface area contributed by atoms with Gasteiger partial charge in [0.15, 0.2) is 5.82 Å². The van der Waals surface area contributed by atoms with Crippen molar-refractivity contribution in [3.05, 3.63) is 32.8 Å². The molecule has 2 aromatic rings. The molecule has 0 bridgehead atoms. The van der Waals surface area contributed by atoms with Crippen LogP contribution in [-0.2, 0) is 0 Å². The minimum atomic E-state index is -1.36. The minimum absolute atomic E-state index is 0.0317. The van der Waals surface area contributed by atoms with Gasteiger partial charge in [-0.2, -0.15) is 0 Å². The molecule has 0 unspecified atom stereocenters. The van der Waals surface area contributed by atoms with Gasteiger partial charge >= 0.3 is 5.97 Å². The number of pyridine rings is 1. The number of halogens is 2. The fourth-order valence-electron chi connectivity index (χ4n) is 5.11. The monoisotopic (exact) mass is 434 g/mol. The van der Waals surface area contributed by atoms with E-state index in [0.29, 0.717) is 18.6 Å². The van der Waals surface area contributed by atoms with Crippen molar-refractivity contribution in [1.82, 2.24) is 9.47 Å². The molecule has 2 heterocycles. The lowest BCUT2D eigenvalue weighted by molar-refractivity contribution is 0.0695. The smallest absolute Gasteiger partial charge is 0.341 e. The number of benzene rings is 1. The molecular weight excluding hydrogens is 411 g/mol. The lowest BCUT2D eigenvalue weighted by Gasteiger charge is -2.26. The van der Waals surface area contributed by atoms with Gasteiger partial charge in [-0.3, -0.25) is 4.79 Å². The van der Waals surface area contributed by atoms with Crippen LogP contribution in [0.4, 0.5) is 15.8 Å². The highest BCUT2D eigenvalue weighted by Gasteiger charge is 2.56. The Morgan fingerprint density at radius 2 is 2.03 bits per heavy atom. The van der Waals surface area contributed by atoms with Crippen LogP contribution in [0.5, 0.6) is 0 Å². The number of hydrogen-bond acceptors (Lipinski definition) is 5. The number of nitrogens with two attached hydrogens (primary N) is 1. The Bertz CT molecular complexity index is 1150. The summed E-state index contributed by atoms with van der Waals surface area (Å²) in [4.78, 5) is 28.6. The van der Waals surface area contributed by atoms with Gasteiger partial charge in [0.1, 0.15) is 5.56 Å². The van der Waals surface area contributed by atoms with Gasteiger partial charge in [0.2, 0.25) is 5.43 Å². The number of nitrogens with zero attached hydrogens (tertiary/aromatic N) is 3.